The normalized spacial score (nSPS) is 12.6. The van der Waals surface area contributed by atoms with Gasteiger partial charge in [-0.1, -0.05) is 0 Å². The molecule has 1 aromatic rings. The van der Waals surface area contributed by atoms with E-state index in [4.69, 9.17) is 5.11 Å². The summed E-state index contributed by atoms with van der Waals surface area (Å²) in [5.41, 5.74) is 0. The van der Waals surface area contributed by atoms with E-state index in [2.05, 4.69) is 5.10 Å². The average molecular weight is 261 g/mol. The molecular weight excluding hydrogens is 242 g/mol. The molecule has 98 valence electrons. The van der Waals surface area contributed by atoms with Gasteiger partial charge in [-0.25, -0.2) is 8.42 Å². The molecule has 0 aliphatic rings. The monoisotopic (exact) mass is 261 g/mol. The number of hydrogen-bond acceptors (Lipinski definition) is 4. The van der Waals surface area contributed by atoms with E-state index in [1.165, 1.54) is 21.4 Å². The van der Waals surface area contributed by atoms with Crippen molar-refractivity contribution < 1.29 is 13.5 Å². The van der Waals surface area contributed by atoms with Gasteiger partial charge in [-0.15, -0.1) is 0 Å². The summed E-state index contributed by atoms with van der Waals surface area (Å²) in [6.45, 7) is 3.91. The van der Waals surface area contributed by atoms with E-state index in [9.17, 15) is 8.42 Å². The first-order chi connectivity index (χ1) is 7.89. The van der Waals surface area contributed by atoms with Crippen LogP contribution in [0.2, 0.25) is 0 Å². The third-order valence-corrected chi connectivity index (χ3v) is 4.43. The van der Waals surface area contributed by atoms with Crippen molar-refractivity contribution in [2.75, 3.05) is 13.2 Å². The number of aliphatic hydroxyl groups is 1. The lowest BCUT2D eigenvalue weighted by molar-refractivity contribution is 0.258. The molecular formula is C10H19N3O3S. The maximum Gasteiger partial charge on any atom is 0.246 e. The summed E-state index contributed by atoms with van der Waals surface area (Å²) in [6, 6.07) is -0.147. The fraction of sp³-hybridized carbons (Fsp3) is 0.700. The molecule has 1 heterocycles. The molecule has 0 fully saturated rings. The first-order valence-corrected chi connectivity index (χ1v) is 6.95. The number of hydrogen-bond donors (Lipinski definition) is 1. The van der Waals surface area contributed by atoms with Crippen molar-refractivity contribution in [2.45, 2.75) is 31.2 Å². The first kappa shape index (κ1) is 14.1. The molecule has 0 aromatic carbocycles. The number of aromatic nitrogens is 2. The maximum atomic E-state index is 12.3. The van der Waals surface area contributed by atoms with Gasteiger partial charge in [0.1, 0.15) is 4.90 Å². The zero-order valence-electron chi connectivity index (χ0n) is 10.4. The van der Waals surface area contributed by atoms with Crippen molar-refractivity contribution in [1.29, 1.82) is 0 Å². The highest BCUT2D eigenvalue weighted by molar-refractivity contribution is 7.89. The highest BCUT2D eigenvalue weighted by Crippen LogP contribution is 2.17. The molecule has 6 nitrogen and oxygen atoms in total. The number of aryl methyl sites for hydroxylation is 1. The first-order valence-electron chi connectivity index (χ1n) is 5.51. The van der Waals surface area contributed by atoms with Crippen LogP contribution < -0.4 is 0 Å². The van der Waals surface area contributed by atoms with Crippen molar-refractivity contribution in [2.24, 2.45) is 7.05 Å². The van der Waals surface area contributed by atoms with E-state index in [1.54, 1.807) is 7.05 Å². The number of sulfonamides is 1. The summed E-state index contributed by atoms with van der Waals surface area (Å²) in [7, 11) is -1.84. The highest BCUT2D eigenvalue weighted by Gasteiger charge is 2.27. The van der Waals surface area contributed by atoms with E-state index in [1.807, 2.05) is 13.8 Å². The van der Waals surface area contributed by atoms with Gasteiger partial charge in [0, 0.05) is 32.4 Å². The number of nitrogens with zero attached hydrogens (tertiary/aromatic N) is 3. The Bertz CT molecular complexity index is 453. The van der Waals surface area contributed by atoms with Crippen LogP contribution in [0.3, 0.4) is 0 Å². The smallest absolute Gasteiger partial charge is 0.246 e. The molecule has 0 radical (unpaired) electrons. The van der Waals surface area contributed by atoms with Gasteiger partial charge in [0.15, 0.2) is 0 Å². The lowest BCUT2D eigenvalue weighted by Crippen LogP contribution is -2.37. The van der Waals surface area contributed by atoms with Crippen molar-refractivity contribution in [3.63, 3.8) is 0 Å². The molecule has 0 atom stereocenters. The Morgan fingerprint density at radius 2 is 2.18 bits per heavy atom. The Labute approximate surface area is 102 Å². The van der Waals surface area contributed by atoms with E-state index in [0.717, 1.165) is 0 Å². The van der Waals surface area contributed by atoms with Crippen LogP contribution >= 0.6 is 0 Å². The quantitative estimate of drug-likeness (QED) is 0.794. The van der Waals surface area contributed by atoms with Gasteiger partial charge in [0.2, 0.25) is 10.0 Å². The Morgan fingerprint density at radius 3 is 2.59 bits per heavy atom. The third-order valence-electron chi connectivity index (χ3n) is 2.40. The lowest BCUT2D eigenvalue weighted by atomic mass is 10.3. The van der Waals surface area contributed by atoms with Crippen LogP contribution in [-0.2, 0) is 17.1 Å². The van der Waals surface area contributed by atoms with Crippen LogP contribution in [0.4, 0.5) is 0 Å². The van der Waals surface area contributed by atoms with Crippen molar-refractivity contribution >= 4 is 10.0 Å². The molecule has 1 rings (SSSR count). The van der Waals surface area contributed by atoms with Crippen LogP contribution in [0.5, 0.6) is 0 Å². The summed E-state index contributed by atoms with van der Waals surface area (Å²) in [5, 5.41) is 12.7. The van der Waals surface area contributed by atoms with Gasteiger partial charge >= 0.3 is 0 Å². The summed E-state index contributed by atoms with van der Waals surface area (Å²) in [4.78, 5) is 0.187. The summed E-state index contributed by atoms with van der Waals surface area (Å²) >= 11 is 0. The van der Waals surface area contributed by atoms with Crippen molar-refractivity contribution in [3.05, 3.63) is 12.4 Å². The topological polar surface area (TPSA) is 75.4 Å². The van der Waals surface area contributed by atoms with E-state index in [0.29, 0.717) is 13.0 Å². The zero-order valence-corrected chi connectivity index (χ0v) is 11.2. The average Bonchev–Trinajstić information content (AvgIpc) is 2.65. The maximum absolute atomic E-state index is 12.3. The van der Waals surface area contributed by atoms with Crippen LogP contribution in [-0.4, -0.2) is 46.8 Å². The Kier molecular flexibility index (Phi) is 4.67. The van der Waals surface area contributed by atoms with Gasteiger partial charge in [0.05, 0.1) is 6.20 Å². The second-order valence-corrected chi connectivity index (χ2v) is 6.03. The SMILES string of the molecule is CC(C)N(CCCO)S(=O)(=O)c1cnn(C)c1. The van der Waals surface area contributed by atoms with Gasteiger partial charge in [-0.05, 0) is 20.3 Å². The van der Waals surface area contributed by atoms with E-state index >= 15 is 0 Å². The van der Waals surface area contributed by atoms with Crippen molar-refractivity contribution in [1.82, 2.24) is 14.1 Å². The molecule has 0 saturated heterocycles. The van der Waals surface area contributed by atoms with Crippen LogP contribution in [0.1, 0.15) is 20.3 Å². The van der Waals surface area contributed by atoms with E-state index < -0.39 is 10.0 Å². The standard InChI is InChI=1S/C10H19N3O3S/c1-9(2)13(5-4-6-14)17(15,16)10-7-11-12(3)8-10/h7-9,14H,4-6H2,1-3H3. The second kappa shape index (κ2) is 5.61. The minimum absolute atomic E-state index is 0.0220. The van der Waals surface area contributed by atoms with Crippen molar-refractivity contribution in [3.8, 4) is 0 Å². The van der Waals surface area contributed by atoms with Gasteiger partial charge < -0.3 is 5.11 Å². The summed E-state index contributed by atoms with van der Waals surface area (Å²) in [5.74, 6) is 0. The minimum atomic E-state index is -3.51. The molecule has 0 saturated carbocycles. The molecule has 0 amide bonds. The van der Waals surface area contributed by atoms with Gasteiger partial charge in [-0.3, -0.25) is 4.68 Å². The minimum Gasteiger partial charge on any atom is -0.396 e. The van der Waals surface area contributed by atoms with Crippen LogP contribution in [0.15, 0.2) is 17.3 Å². The fourth-order valence-electron chi connectivity index (χ4n) is 1.55. The molecule has 0 aliphatic heterocycles. The molecule has 0 aliphatic carbocycles. The van der Waals surface area contributed by atoms with Gasteiger partial charge in [-0.2, -0.15) is 9.40 Å². The molecule has 0 unspecified atom stereocenters. The predicted molar refractivity (Wildman–Crippen MR) is 63.9 cm³/mol. The highest BCUT2D eigenvalue weighted by atomic mass is 32.2. The number of rotatable bonds is 6. The molecule has 1 N–H and O–H groups in total. The van der Waals surface area contributed by atoms with Crippen LogP contribution in [0.25, 0.3) is 0 Å². The zero-order chi connectivity index (χ0) is 13.1. The Hall–Kier alpha value is -0.920. The molecule has 0 bridgehead atoms. The predicted octanol–water partition coefficient (Wildman–Crippen LogP) is 0.202. The van der Waals surface area contributed by atoms with Crippen LogP contribution in [0, 0.1) is 0 Å². The molecule has 17 heavy (non-hydrogen) atoms. The summed E-state index contributed by atoms with van der Waals surface area (Å²) in [6.07, 6.45) is 3.24. The molecule has 7 heteroatoms. The largest absolute Gasteiger partial charge is 0.396 e. The molecule has 1 aromatic heterocycles. The third kappa shape index (κ3) is 3.27. The van der Waals surface area contributed by atoms with E-state index in [-0.39, 0.29) is 17.5 Å². The molecule has 0 spiro atoms. The Morgan fingerprint density at radius 1 is 1.53 bits per heavy atom. The lowest BCUT2D eigenvalue weighted by Gasteiger charge is -2.24. The summed E-state index contributed by atoms with van der Waals surface area (Å²) < 4.78 is 27.4. The number of aliphatic hydroxyl groups excluding tert-OH is 1. The fourth-order valence-corrected chi connectivity index (χ4v) is 3.21. The van der Waals surface area contributed by atoms with Gasteiger partial charge in [0.25, 0.3) is 0 Å². The Balaban J connectivity index is 3.00. The second-order valence-electron chi connectivity index (χ2n) is 4.14.